The van der Waals surface area contributed by atoms with E-state index < -0.39 is 0 Å². The van der Waals surface area contributed by atoms with E-state index in [0.717, 1.165) is 28.9 Å². The second-order valence-corrected chi connectivity index (χ2v) is 5.19. The third-order valence-electron chi connectivity index (χ3n) is 3.49. The van der Waals surface area contributed by atoms with Gasteiger partial charge in [0.15, 0.2) is 5.78 Å². The van der Waals surface area contributed by atoms with Crippen molar-refractivity contribution in [3.8, 4) is 0 Å². The largest absolute Gasteiger partial charge is 0.294 e. The molecule has 1 aromatic heterocycles. The molecule has 3 rings (SSSR count). The van der Waals surface area contributed by atoms with Crippen molar-refractivity contribution in [3.05, 3.63) is 51.8 Å². The van der Waals surface area contributed by atoms with E-state index in [4.69, 9.17) is 11.6 Å². The van der Waals surface area contributed by atoms with Crippen LogP contribution in [0, 0.1) is 6.92 Å². The molecule has 0 spiro atoms. The monoisotopic (exact) mass is 260 g/mol. The van der Waals surface area contributed by atoms with Gasteiger partial charge in [-0.2, -0.15) is 5.10 Å². The Labute approximate surface area is 110 Å². The van der Waals surface area contributed by atoms with Crippen LogP contribution >= 0.6 is 11.6 Å². The van der Waals surface area contributed by atoms with Gasteiger partial charge in [0.1, 0.15) is 0 Å². The summed E-state index contributed by atoms with van der Waals surface area (Å²) in [7, 11) is 0. The van der Waals surface area contributed by atoms with Crippen LogP contribution in [0.4, 0.5) is 0 Å². The number of Topliss-reactive ketones (excluding diaryl/α,β-unsaturated/α-hetero) is 1. The molecule has 92 valence electrons. The first-order valence-corrected chi connectivity index (χ1v) is 6.35. The lowest BCUT2D eigenvalue weighted by molar-refractivity contribution is 0.0963. The second-order valence-electron chi connectivity index (χ2n) is 4.75. The average Bonchev–Trinajstić information content (AvgIpc) is 2.71. The van der Waals surface area contributed by atoms with Gasteiger partial charge in [-0.05, 0) is 37.0 Å². The van der Waals surface area contributed by atoms with Crippen LogP contribution in [-0.2, 0) is 6.42 Å². The molecule has 0 unspecified atom stereocenters. The van der Waals surface area contributed by atoms with Crippen LogP contribution in [0.2, 0.25) is 5.02 Å². The minimum absolute atomic E-state index is 0.174. The highest BCUT2D eigenvalue weighted by Crippen LogP contribution is 2.33. The van der Waals surface area contributed by atoms with Gasteiger partial charge in [-0.15, -0.1) is 0 Å². The minimum atomic E-state index is 0.174. The summed E-state index contributed by atoms with van der Waals surface area (Å²) in [6, 6.07) is 7.73. The average molecular weight is 261 g/mol. The lowest BCUT2D eigenvalue weighted by atomic mass is 9.82. The number of carbonyl (C=O) groups excluding carboxylic acids is 1. The molecule has 1 N–H and O–H groups in total. The summed E-state index contributed by atoms with van der Waals surface area (Å²) in [5.41, 5.74) is 3.66. The van der Waals surface area contributed by atoms with Gasteiger partial charge in [-0.3, -0.25) is 9.89 Å². The molecule has 1 heterocycles. The predicted molar refractivity (Wildman–Crippen MR) is 70.2 cm³/mol. The van der Waals surface area contributed by atoms with E-state index in [1.54, 1.807) is 0 Å². The molecule has 18 heavy (non-hydrogen) atoms. The molecule has 1 aromatic carbocycles. The van der Waals surface area contributed by atoms with Crippen LogP contribution in [-0.4, -0.2) is 16.0 Å². The van der Waals surface area contributed by atoms with Gasteiger partial charge >= 0.3 is 0 Å². The van der Waals surface area contributed by atoms with Crippen molar-refractivity contribution in [2.45, 2.75) is 25.7 Å². The van der Waals surface area contributed by atoms with E-state index in [1.165, 1.54) is 0 Å². The second kappa shape index (κ2) is 4.25. The molecule has 1 aliphatic rings. The third-order valence-corrected chi connectivity index (χ3v) is 3.73. The Morgan fingerprint density at radius 1 is 1.39 bits per heavy atom. The first kappa shape index (κ1) is 11.5. The Hall–Kier alpha value is -1.61. The number of rotatable bonds is 1. The van der Waals surface area contributed by atoms with E-state index in [-0.39, 0.29) is 11.7 Å². The molecule has 4 heteroatoms. The SMILES string of the molecule is Cc1[nH]nc2c1C(=O)C[C@@H](c1cccc(Cl)c1)C2. The molecule has 0 bridgehead atoms. The fourth-order valence-electron chi connectivity index (χ4n) is 2.62. The molecular formula is C14H13ClN2O. The number of hydrogen-bond acceptors (Lipinski definition) is 2. The van der Waals surface area contributed by atoms with Gasteiger partial charge in [-0.1, -0.05) is 23.7 Å². The van der Waals surface area contributed by atoms with Gasteiger partial charge in [0.25, 0.3) is 0 Å². The lowest BCUT2D eigenvalue weighted by Gasteiger charge is -2.21. The molecule has 0 radical (unpaired) electrons. The summed E-state index contributed by atoms with van der Waals surface area (Å²) >= 11 is 6.00. The van der Waals surface area contributed by atoms with Gasteiger partial charge in [-0.25, -0.2) is 0 Å². The zero-order chi connectivity index (χ0) is 12.7. The number of aromatic amines is 1. The van der Waals surface area contributed by atoms with Crippen LogP contribution in [0.15, 0.2) is 24.3 Å². The Morgan fingerprint density at radius 2 is 2.22 bits per heavy atom. The van der Waals surface area contributed by atoms with E-state index in [2.05, 4.69) is 10.2 Å². The maximum Gasteiger partial charge on any atom is 0.167 e. The Kier molecular flexibility index (Phi) is 2.71. The number of aromatic nitrogens is 2. The highest BCUT2D eigenvalue weighted by molar-refractivity contribution is 6.30. The normalized spacial score (nSPS) is 18.8. The van der Waals surface area contributed by atoms with Crippen molar-refractivity contribution >= 4 is 17.4 Å². The van der Waals surface area contributed by atoms with Crippen molar-refractivity contribution in [1.82, 2.24) is 10.2 Å². The number of carbonyl (C=O) groups is 1. The van der Waals surface area contributed by atoms with Crippen molar-refractivity contribution < 1.29 is 4.79 Å². The van der Waals surface area contributed by atoms with Crippen LogP contribution in [0.25, 0.3) is 0 Å². The molecule has 3 nitrogen and oxygen atoms in total. The van der Waals surface area contributed by atoms with Crippen LogP contribution in [0.5, 0.6) is 0 Å². The number of aryl methyl sites for hydroxylation is 1. The van der Waals surface area contributed by atoms with E-state index >= 15 is 0 Å². The quantitative estimate of drug-likeness (QED) is 0.855. The minimum Gasteiger partial charge on any atom is -0.294 e. The number of benzene rings is 1. The first-order chi connectivity index (χ1) is 8.65. The molecule has 1 atom stereocenters. The number of nitrogens with one attached hydrogen (secondary N) is 1. The predicted octanol–water partition coefficient (Wildman–Crippen LogP) is 3.28. The number of halogens is 1. The molecule has 2 aromatic rings. The molecule has 1 aliphatic carbocycles. The lowest BCUT2D eigenvalue weighted by Crippen LogP contribution is -2.18. The smallest absolute Gasteiger partial charge is 0.167 e. The van der Waals surface area contributed by atoms with Crippen molar-refractivity contribution in [3.63, 3.8) is 0 Å². The van der Waals surface area contributed by atoms with Crippen molar-refractivity contribution in [1.29, 1.82) is 0 Å². The van der Waals surface area contributed by atoms with Crippen LogP contribution in [0.3, 0.4) is 0 Å². The zero-order valence-electron chi connectivity index (χ0n) is 10.0. The van der Waals surface area contributed by atoms with Crippen LogP contribution in [0.1, 0.15) is 39.6 Å². The highest BCUT2D eigenvalue weighted by Gasteiger charge is 2.29. The summed E-state index contributed by atoms with van der Waals surface area (Å²) in [5.74, 6) is 0.360. The summed E-state index contributed by atoms with van der Waals surface area (Å²) < 4.78 is 0. The summed E-state index contributed by atoms with van der Waals surface area (Å²) in [4.78, 5) is 12.1. The van der Waals surface area contributed by atoms with Crippen molar-refractivity contribution in [2.24, 2.45) is 0 Å². The molecule has 0 amide bonds. The third kappa shape index (κ3) is 1.85. The Balaban J connectivity index is 1.97. The number of ketones is 1. The Morgan fingerprint density at radius 3 is 3.00 bits per heavy atom. The highest BCUT2D eigenvalue weighted by atomic mass is 35.5. The molecular weight excluding hydrogens is 248 g/mol. The standard InChI is InChI=1S/C14H13ClN2O/c1-8-14-12(17-16-8)6-10(7-13(14)18)9-3-2-4-11(15)5-9/h2-5,10H,6-7H2,1H3,(H,16,17)/t10-/m0/s1. The maximum absolute atomic E-state index is 12.1. The number of H-pyrrole nitrogens is 1. The molecule has 0 fully saturated rings. The first-order valence-electron chi connectivity index (χ1n) is 5.97. The summed E-state index contributed by atoms with van der Waals surface area (Å²) in [6.45, 7) is 1.89. The number of fused-ring (bicyclic) bond motifs is 1. The molecule has 0 saturated heterocycles. The summed E-state index contributed by atoms with van der Waals surface area (Å²) in [6.07, 6.45) is 1.33. The molecule has 0 saturated carbocycles. The maximum atomic E-state index is 12.1. The van der Waals surface area contributed by atoms with E-state index in [9.17, 15) is 4.79 Å². The van der Waals surface area contributed by atoms with Gasteiger partial charge in [0.2, 0.25) is 0 Å². The zero-order valence-corrected chi connectivity index (χ0v) is 10.8. The molecule has 0 aliphatic heterocycles. The van der Waals surface area contributed by atoms with Gasteiger partial charge < -0.3 is 0 Å². The van der Waals surface area contributed by atoms with E-state index in [1.807, 2.05) is 31.2 Å². The fourth-order valence-corrected chi connectivity index (χ4v) is 2.82. The van der Waals surface area contributed by atoms with Crippen molar-refractivity contribution in [2.75, 3.05) is 0 Å². The fraction of sp³-hybridized carbons (Fsp3) is 0.286. The van der Waals surface area contributed by atoms with E-state index in [0.29, 0.717) is 11.4 Å². The van der Waals surface area contributed by atoms with Gasteiger partial charge in [0.05, 0.1) is 11.3 Å². The van der Waals surface area contributed by atoms with Crippen LogP contribution < -0.4 is 0 Å². The summed E-state index contributed by atoms with van der Waals surface area (Å²) in [5, 5.41) is 7.83. The number of nitrogens with zero attached hydrogens (tertiary/aromatic N) is 1. The number of hydrogen-bond donors (Lipinski definition) is 1. The topological polar surface area (TPSA) is 45.8 Å². The van der Waals surface area contributed by atoms with Gasteiger partial charge in [0, 0.05) is 17.1 Å². The Bertz CT molecular complexity index is 618.